The van der Waals surface area contributed by atoms with Crippen molar-refractivity contribution < 1.29 is 10.2 Å². The Morgan fingerprint density at radius 3 is 2.75 bits per heavy atom. The fourth-order valence-electron chi connectivity index (χ4n) is 1.66. The molecule has 0 aliphatic rings. The molecule has 0 amide bonds. The van der Waals surface area contributed by atoms with Gasteiger partial charge in [0.15, 0.2) is 0 Å². The number of aromatic hydroxyl groups is 1. The van der Waals surface area contributed by atoms with E-state index in [0.29, 0.717) is 6.54 Å². The predicted molar refractivity (Wildman–Crippen MR) is 65.4 cm³/mol. The van der Waals surface area contributed by atoms with Crippen LogP contribution in [0, 0.1) is 0 Å². The monoisotopic (exact) mass is 223 g/mol. The van der Waals surface area contributed by atoms with Gasteiger partial charge in [-0.25, -0.2) is 0 Å². The summed E-state index contributed by atoms with van der Waals surface area (Å²) in [5.74, 6) is 0.278. The Labute approximate surface area is 97.1 Å². The Morgan fingerprint density at radius 2 is 2.12 bits per heavy atom. The van der Waals surface area contributed by atoms with Crippen molar-refractivity contribution in [2.75, 3.05) is 6.54 Å². The Bertz CT molecular complexity index is 315. The van der Waals surface area contributed by atoms with E-state index >= 15 is 0 Å². The van der Waals surface area contributed by atoms with Gasteiger partial charge in [-0.1, -0.05) is 25.5 Å². The molecule has 3 nitrogen and oxygen atoms in total. The molecule has 1 rings (SSSR count). The summed E-state index contributed by atoms with van der Waals surface area (Å²) >= 11 is 0. The maximum atomic E-state index is 9.59. The molecule has 0 saturated carbocycles. The third kappa shape index (κ3) is 4.21. The number of aliphatic hydroxyl groups is 1. The van der Waals surface area contributed by atoms with Gasteiger partial charge in [-0.05, 0) is 31.0 Å². The smallest absolute Gasteiger partial charge is 0.115 e. The average Bonchev–Trinajstić information content (AvgIpc) is 2.26. The van der Waals surface area contributed by atoms with Gasteiger partial charge in [-0.3, -0.25) is 0 Å². The van der Waals surface area contributed by atoms with Gasteiger partial charge in [0, 0.05) is 12.6 Å². The van der Waals surface area contributed by atoms with Crippen molar-refractivity contribution in [3.8, 4) is 5.75 Å². The number of hydrogen-bond donors (Lipinski definition) is 3. The van der Waals surface area contributed by atoms with Crippen molar-refractivity contribution in [1.29, 1.82) is 0 Å². The van der Waals surface area contributed by atoms with Crippen molar-refractivity contribution in [2.24, 2.45) is 0 Å². The molecule has 16 heavy (non-hydrogen) atoms. The van der Waals surface area contributed by atoms with Crippen molar-refractivity contribution in [3.63, 3.8) is 0 Å². The standard InChI is InChI=1S/C13H21NO2/c1-3-5-13(16)9-14-10(2)11-6-4-7-12(15)8-11/h4,6-8,10,13-16H,3,5,9H2,1-2H3. The van der Waals surface area contributed by atoms with E-state index < -0.39 is 0 Å². The second-order valence-corrected chi connectivity index (χ2v) is 4.17. The molecule has 2 unspecified atom stereocenters. The molecule has 0 aromatic heterocycles. The number of rotatable bonds is 6. The second kappa shape index (κ2) is 6.51. The molecule has 0 radical (unpaired) electrons. The van der Waals surface area contributed by atoms with Crippen LogP contribution in [0.1, 0.15) is 38.3 Å². The summed E-state index contributed by atoms with van der Waals surface area (Å²) in [5, 5.41) is 22.2. The van der Waals surface area contributed by atoms with Crippen molar-refractivity contribution >= 4 is 0 Å². The number of aliphatic hydroxyl groups excluding tert-OH is 1. The molecule has 2 atom stereocenters. The van der Waals surface area contributed by atoms with E-state index in [0.717, 1.165) is 18.4 Å². The van der Waals surface area contributed by atoms with Gasteiger partial charge in [-0.15, -0.1) is 0 Å². The summed E-state index contributed by atoms with van der Waals surface area (Å²) in [6, 6.07) is 7.32. The molecule has 1 aromatic carbocycles. The van der Waals surface area contributed by atoms with E-state index in [9.17, 15) is 10.2 Å². The predicted octanol–water partition coefficient (Wildman–Crippen LogP) is 2.20. The molecule has 3 N–H and O–H groups in total. The van der Waals surface area contributed by atoms with Crippen LogP contribution in [0.25, 0.3) is 0 Å². The SMILES string of the molecule is CCCC(O)CNC(C)c1cccc(O)c1. The van der Waals surface area contributed by atoms with Crippen LogP contribution in [-0.4, -0.2) is 22.9 Å². The largest absolute Gasteiger partial charge is 0.508 e. The Kier molecular flexibility index (Phi) is 5.29. The van der Waals surface area contributed by atoms with Gasteiger partial charge < -0.3 is 15.5 Å². The third-order valence-electron chi connectivity index (χ3n) is 2.65. The van der Waals surface area contributed by atoms with Gasteiger partial charge >= 0.3 is 0 Å². The van der Waals surface area contributed by atoms with E-state index in [-0.39, 0.29) is 17.9 Å². The highest BCUT2D eigenvalue weighted by Gasteiger charge is 2.08. The summed E-state index contributed by atoms with van der Waals surface area (Å²) in [6.07, 6.45) is 1.52. The molecular weight excluding hydrogens is 202 g/mol. The zero-order valence-corrected chi connectivity index (χ0v) is 9.98. The molecule has 0 fully saturated rings. The summed E-state index contributed by atoms with van der Waals surface area (Å²) in [7, 11) is 0. The van der Waals surface area contributed by atoms with Crippen LogP contribution < -0.4 is 5.32 Å². The van der Waals surface area contributed by atoms with Crippen LogP contribution in [0.2, 0.25) is 0 Å². The van der Waals surface area contributed by atoms with Crippen LogP contribution in [0.4, 0.5) is 0 Å². The normalized spacial score (nSPS) is 14.7. The molecule has 0 bridgehead atoms. The zero-order valence-electron chi connectivity index (χ0n) is 9.98. The summed E-state index contributed by atoms with van der Waals surface area (Å²) in [5.41, 5.74) is 1.03. The fraction of sp³-hybridized carbons (Fsp3) is 0.538. The lowest BCUT2D eigenvalue weighted by molar-refractivity contribution is 0.157. The van der Waals surface area contributed by atoms with Crippen LogP contribution in [-0.2, 0) is 0 Å². The third-order valence-corrected chi connectivity index (χ3v) is 2.65. The molecule has 90 valence electrons. The molecule has 3 heteroatoms. The first-order valence-corrected chi connectivity index (χ1v) is 5.84. The fourth-order valence-corrected chi connectivity index (χ4v) is 1.66. The Morgan fingerprint density at radius 1 is 1.38 bits per heavy atom. The van der Waals surface area contributed by atoms with E-state index in [4.69, 9.17) is 0 Å². The second-order valence-electron chi connectivity index (χ2n) is 4.17. The Balaban J connectivity index is 2.43. The van der Waals surface area contributed by atoms with E-state index in [1.54, 1.807) is 12.1 Å². The van der Waals surface area contributed by atoms with E-state index in [1.807, 2.05) is 19.1 Å². The lowest BCUT2D eigenvalue weighted by Gasteiger charge is -2.17. The molecule has 0 aliphatic carbocycles. The van der Waals surface area contributed by atoms with Crippen molar-refractivity contribution in [2.45, 2.75) is 38.8 Å². The van der Waals surface area contributed by atoms with Crippen LogP contribution >= 0.6 is 0 Å². The van der Waals surface area contributed by atoms with Gasteiger partial charge in [0.1, 0.15) is 5.75 Å². The van der Waals surface area contributed by atoms with Gasteiger partial charge in [0.05, 0.1) is 6.10 Å². The summed E-state index contributed by atoms with van der Waals surface area (Å²) in [4.78, 5) is 0. The maximum Gasteiger partial charge on any atom is 0.115 e. The topological polar surface area (TPSA) is 52.5 Å². The quantitative estimate of drug-likeness (QED) is 0.693. The van der Waals surface area contributed by atoms with Crippen molar-refractivity contribution in [1.82, 2.24) is 5.32 Å². The minimum absolute atomic E-state index is 0.138. The molecule has 0 heterocycles. The number of nitrogens with one attached hydrogen (secondary N) is 1. The number of phenols is 1. The highest BCUT2D eigenvalue weighted by molar-refractivity contribution is 5.28. The Hall–Kier alpha value is -1.06. The van der Waals surface area contributed by atoms with Gasteiger partial charge in [0.25, 0.3) is 0 Å². The highest BCUT2D eigenvalue weighted by Crippen LogP contribution is 2.17. The van der Waals surface area contributed by atoms with E-state index in [2.05, 4.69) is 12.2 Å². The first kappa shape index (κ1) is 13.0. The molecule has 0 spiro atoms. The maximum absolute atomic E-state index is 9.59. The number of hydrogen-bond acceptors (Lipinski definition) is 3. The highest BCUT2D eigenvalue weighted by atomic mass is 16.3. The lowest BCUT2D eigenvalue weighted by atomic mass is 10.1. The molecule has 0 aliphatic heterocycles. The van der Waals surface area contributed by atoms with Gasteiger partial charge in [-0.2, -0.15) is 0 Å². The van der Waals surface area contributed by atoms with Gasteiger partial charge in [0.2, 0.25) is 0 Å². The minimum Gasteiger partial charge on any atom is -0.508 e. The molecular formula is C13H21NO2. The average molecular weight is 223 g/mol. The summed E-state index contributed by atoms with van der Waals surface area (Å²) in [6.45, 7) is 4.67. The first-order chi connectivity index (χ1) is 7.63. The number of benzene rings is 1. The molecule has 0 saturated heterocycles. The number of phenolic OH excluding ortho intramolecular Hbond substituents is 1. The first-order valence-electron chi connectivity index (χ1n) is 5.84. The lowest BCUT2D eigenvalue weighted by Crippen LogP contribution is -2.28. The molecule has 1 aromatic rings. The van der Waals surface area contributed by atoms with E-state index in [1.165, 1.54) is 0 Å². The zero-order chi connectivity index (χ0) is 12.0. The van der Waals surface area contributed by atoms with Crippen LogP contribution in [0.5, 0.6) is 5.75 Å². The van der Waals surface area contributed by atoms with Crippen molar-refractivity contribution in [3.05, 3.63) is 29.8 Å². The van der Waals surface area contributed by atoms with Crippen LogP contribution in [0.15, 0.2) is 24.3 Å². The summed E-state index contributed by atoms with van der Waals surface area (Å²) < 4.78 is 0. The minimum atomic E-state index is -0.287. The van der Waals surface area contributed by atoms with Crippen LogP contribution in [0.3, 0.4) is 0 Å².